The van der Waals surface area contributed by atoms with Gasteiger partial charge in [0.1, 0.15) is 0 Å². The summed E-state index contributed by atoms with van der Waals surface area (Å²) in [6.45, 7) is 2.25. The number of halogens is 1. The summed E-state index contributed by atoms with van der Waals surface area (Å²) in [7, 11) is 0. The van der Waals surface area contributed by atoms with Gasteiger partial charge in [-0.3, -0.25) is 9.69 Å². The van der Waals surface area contributed by atoms with Gasteiger partial charge in [-0.15, -0.1) is 0 Å². The molecule has 0 aliphatic carbocycles. The predicted molar refractivity (Wildman–Crippen MR) is 67.5 cm³/mol. The first kappa shape index (κ1) is 11.8. The number of hydrogen-bond donors (Lipinski definition) is 1. The van der Waals surface area contributed by atoms with Gasteiger partial charge in [-0.1, -0.05) is 28.1 Å². The van der Waals surface area contributed by atoms with E-state index < -0.39 is 0 Å². The number of nitrogens with zero attached hydrogens (tertiary/aromatic N) is 1. The zero-order valence-electron chi connectivity index (χ0n) is 9.03. The van der Waals surface area contributed by atoms with Gasteiger partial charge in [0.2, 0.25) is 0 Å². The smallest absolute Gasteiger partial charge is 0.176 e. The monoisotopic (exact) mass is 282 g/mol. The third-order valence-electron chi connectivity index (χ3n) is 2.84. The van der Waals surface area contributed by atoms with Gasteiger partial charge in [-0.2, -0.15) is 0 Å². The van der Waals surface area contributed by atoms with E-state index in [9.17, 15) is 4.79 Å². The molecule has 16 heavy (non-hydrogen) atoms. The van der Waals surface area contributed by atoms with E-state index in [0.717, 1.165) is 29.5 Å². The van der Waals surface area contributed by atoms with Crippen LogP contribution < -0.4 is 5.73 Å². The van der Waals surface area contributed by atoms with E-state index in [2.05, 4.69) is 20.8 Å². The minimum atomic E-state index is 0.168. The number of hydrogen-bond acceptors (Lipinski definition) is 3. The lowest BCUT2D eigenvalue weighted by Crippen LogP contribution is -2.31. The molecule has 0 radical (unpaired) electrons. The first-order chi connectivity index (χ1) is 7.65. The first-order valence-electron chi connectivity index (χ1n) is 5.42. The van der Waals surface area contributed by atoms with Crippen molar-refractivity contribution in [2.75, 3.05) is 19.6 Å². The van der Waals surface area contributed by atoms with Crippen LogP contribution in [0.1, 0.15) is 16.8 Å². The second kappa shape index (κ2) is 5.08. The van der Waals surface area contributed by atoms with Crippen molar-refractivity contribution in [1.29, 1.82) is 0 Å². The van der Waals surface area contributed by atoms with Crippen molar-refractivity contribution >= 4 is 21.7 Å². The van der Waals surface area contributed by atoms with Crippen LogP contribution in [0.3, 0.4) is 0 Å². The quantitative estimate of drug-likeness (QED) is 0.858. The molecular weight excluding hydrogens is 268 g/mol. The Labute approximate surface area is 104 Å². The van der Waals surface area contributed by atoms with Crippen LogP contribution in [0.4, 0.5) is 0 Å². The largest absolute Gasteiger partial charge is 0.326 e. The van der Waals surface area contributed by atoms with Crippen molar-refractivity contribution in [1.82, 2.24) is 4.90 Å². The van der Waals surface area contributed by atoms with Crippen LogP contribution in [0.5, 0.6) is 0 Å². The van der Waals surface area contributed by atoms with Crippen molar-refractivity contribution in [3.8, 4) is 0 Å². The van der Waals surface area contributed by atoms with E-state index in [1.807, 2.05) is 24.3 Å². The fourth-order valence-corrected chi connectivity index (χ4v) is 2.20. The highest BCUT2D eigenvalue weighted by Gasteiger charge is 2.21. The summed E-state index contributed by atoms with van der Waals surface area (Å²) in [5, 5.41) is 0. The number of rotatable bonds is 3. The number of carbonyl (C=O) groups is 1. The molecule has 1 heterocycles. The molecule has 0 spiro atoms. The van der Waals surface area contributed by atoms with Crippen molar-refractivity contribution < 1.29 is 4.79 Å². The Bertz CT molecular complexity index is 377. The molecule has 1 unspecified atom stereocenters. The van der Waals surface area contributed by atoms with Crippen LogP contribution in [-0.4, -0.2) is 36.4 Å². The first-order valence-corrected chi connectivity index (χ1v) is 6.21. The number of likely N-dealkylation sites (tertiary alicyclic amines) is 1. The van der Waals surface area contributed by atoms with Crippen molar-refractivity contribution in [2.45, 2.75) is 12.5 Å². The van der Waals surface area contributed by atoms with E-state index >= 15 is 0 Å². The fraction of sp³-hybridized carbons (Fsp3) is 0.417. The van der Waals surface area contributed by atoms with E-state index in [1.165, 1.54) is 0 Å². The molecule has 0 amide bonds. The summed E-state index contributed by atoms with van der Waals surface area (Å²) in [4.78, 5) is 14.0. The van der Waals surface area contributed by atoms with Crippen LogP contribution in [0, 0.1) is 0 Å². The fourth-order valence-electron chi connectivity index (χ4n) is 1.94. The number of nitrogens with two attached hydrogens (primary N) is 1. The maximum Gasteiger partial charge on any atom is 0.176 e. The van der Waals surface area contributed by atoms with E-state index in [-0.39, 0.29) is 11.8 Å². The number of carbonyl (C=O) groups excluding carboxylic acids is 1. The molecule has 4 heteroatoms. The molecule has 1 fully saturated rings. The van der Waals surface area contributed by atoms with Crippen molar-refractivity contribution in [3.05, 3.63) is 34.3 Å². The number of ketones is 1. The Balaban J connectivity index is 1.95. The minimum Gasteiger partial charge on any atom is -0.326 e. The second-order valence-corrected chi connectivity index (χ2v) is 5.13. The average Bonchev–Trinajstić information content (AvgIpc) is 2.65. The van der Waals surface area contributed by atoms with Gasteiger partial charge >= 0.3 is 0 Å². The summed E-state index contributed by atoms with van der Waals surface area (Å²) in [6.07, 6.45) is 0.994. The van der Waals surface area contributed by atoms with Crippen LogP contribution in [-0.2, 0) is 0 Å². The number of benzene rings is 1. The highest BCUT2D eigenvalue weighted by Crippen LogP contribution is 2.13. The zero-order valence-corrected chi connectivity index (χ0v) is 10.6. The molecule has 1 aliphatic rings. The lowest BCUT2D eigenvalue weighted by atomic mass is 10.1. The topological polar surface area (TPSA) is 46.3 Å². The highest BCUT2D eigenvalue weighted by molar-refractivity contribution is 9.10. The van der Waals surface area contributed by atoms with Gasteiger partial charge < -0.3 is 5.73 Å². The van der Waals surface area contributed by atoms with Gasteiger partial charge in [0.25, 0.3) is 0 Å². The van der Waals surface area contributed by atoms with Crippen LogP contribution in [0.2, 0.25) is 0 Å². The SMILES string of the molecule is NC1CCN(CC(=O)c2ccc(Br)cc2)C1. The summed E-state index contributed by atoms with van der Waals surface area (Å²) in [6, 6.07) is 7.72. The molecular formula is C12H15BrN2O. The third-order valence-corrected chi connectivity index (χ3v) is 3.37. The molecule has 0 bridgehead atoms. The van der Waals surface area contributed by atoms with Crippen LogP contribution in [0.25, 0.3) is 0 Å². The lowest BCUT2D eigenvalue weighted by Gasteiger charge is -2.13. The van der Waals surface area contributed by atoms with E-state index in [0.29, 0.717) is 6.54 Å². The molecule has 1 aromatic rings. The maximum atomic E-state index is 11.9. The molecule has 0 aromatic heterocycles. The Morgan fingerprint density at radius 2 is 2.12 bits per heavy atom. The molecule has 1 saturated heterocycles. The standard InChI is InChI=1S/C12H15BrN2O/c13-10-3-1-9(2-4-10)12(16)8-15-6-5-11(14)7-15/h1-4,11H,5-8,14H2. The van der Waals surface area contributed by atoms with Gasteiger partial charge in [0.05, 0.1) is 6.54 Å². The van der Waals surface area contributed by atoms with Gasteiger partial charge in [-0.25, -0.2) is 0 Å². The maximum absolute atomic E-state index is 11.9. The Morgan fingerprint density at radius 1 is 1.44 bits per heavy atom. The average molecular weight is 283 g/mol. The van der Waals surface area contributed by atoms with E-state index in [4.69, 9.17) is 5.73 Å². The normalized spacial score (nSPS) is 21.2. The predicted octanol–water partition coefficient (Wildman–Crippen LogP) is 1.66. The number of Topliss-reactive ketones (excluding diaryl/α,β-unsaturated/α-hetero) is 1. The molecule has 1 aromatic carbocycles. The van der Waals surface area contributed by atoms with Gasteiger partial charge in [-0.05, 0) is 18.6 Å². The van der Waals surface area contributed by atoms with Crippen molar-refractivity contribution in [2.24, 2.45) is 5.73 Å². The summed E-state index contributed by atoms with van der Waals surface area (Å²) >= 11 is 3.35. The summed E-state index contributed by atoms with van der Waals surface area (Å²) in [5.74, 6) is 0.168. The summed E-state index contributed by atoms with van der Waals surface area (Å²) < 4.78 is 0.993. The highest BCUT2D eigenvalue weighted by atomic mass is 79.9. The Hall–Kier alpha value is -0.710. The summed E-state index contributed by atoms with van der Waals surface area (Å²) in [5.41, 5.74) is 6.57. The Morgan fingerprint density at radius 3 is 2.69 bits per heavy atom. The lowest BCUT2D eigenvalue weighted by molar-refractivity contribution is 0.0945. The molecule has 86 valence electrons. The minimum absolute atomic E-state index is 0.168. The Kier molecular flexibility index (Phi) is 3.74. The van der Waals surface area contributed by atoms with Gasteiger partial charge in [0.15, 0.2) is 5.78 Å². The molecule has 1 aliphatic heterocycles. The molecule has 2 rings (SSSR count). The van der Waals surface area contributed by atoms with Crippen LogP contribution >= 0.6 is 15.9 Å². The molecule has 1 atom stereocenters. The molecule has 3 nitrogen and oxygen atoms in total. The molecule has 2 N–H and O–H groups in total. The second-order valence-electron chi connectivity index (χ2n) is 4.21. The van der Waals surface area contributed by atoms with Crippen molar-refractivity contribution in [3.63, 3.8) is 0 Å². The third kappa shape index (κ3) is 2.90. The van der Waals surface area contributed by atoms with Crippen LogP contribution in [0.15, 0.2) is 28.7 Å². The molecule has 0 saturated carbocycles. The van der Waals surface area contributed by atoms with E-state index in [1.54, 1.807) is 0 Å². The van der Waals surface area contributed by atoms with Gasteiger partial charge in [0, 0.05) is 29.2 Å². The zero-order chi connectivity index (χ0) is 11.5.